The van der Waals surface area contributed by atoms with Gasteiger partial charge in [0.15, 0.2) is 0 Å². The van der Waals surface area contributed by atoms with Crippen molar-refractivity contribution in [1.29, 1.82) is 0 Å². The van der Waals surface area contributed by atoms with Crippen LogP contribution in [0.3, 0.4) is 0 Å². The zero-order valence-electron chi connectivity index (χ0n) is 4.81. The third-order valence-electron chi connectivity index (χ3n) is 1.32. The Kier molecular flexibility index (Phi) is 0.833. The van der Waals surface area contributed by atoms with Crippen molar-refractivity contribution < 1.29 is 0 Å². The summed E-state index contributed by atoms with van der Waals surface area (Å²) in [7, 11) is 0. The van der Waals surface area contributed by atoms with Crippen LogP contribution in [0.5, 0.6) is 0 Å². The Morgan fingerprint density at radius 3 is 3.33 bits per heavy atom. The first kappa shape index (κ1) is 4.62. The van der Waals surface area contributed by atoms with Gasteiger partial charge < -0.3 is 4.98 Å². The Morgan fingerprint density at radius 2 is 2.44 bits per heavy atom. The minimum Gasteiger partial charge on any atom is -0.361 e. The molecular formula is C8H5N. The maximum absolute atomic E-state index is 3.04. The van der Waals surface area contributed by atoms with Crippen molar-refractivity contribution in [3.63, 3.8) is 0 Å². The topological polar surface area (TPSA) is 15.8 Å². The molecule has 1 aromatic carbocycles. The molecule has 9 heavy (non-hydrogen) atoms. The highest BCUT2D eigenvalue weighted by atomic mass is 14.6. The highest BCUT2D eigenvalue weighted by Gasteiger charge is 1.87. The Balaban J connectivity index is 2.95. The fraction of sp³-hybridized carbons (Fsp3) is 0. The minimum atomic E-state index is 1.09. The van der Waals surface area contributed by atoms with Crippen molar-refractivity contribution >= 4 is 10.9 Å². The van der Waals surface area contributed by atoms with Crippen molar-refractivity contribution in [3.8, 4) is 0 Å². The molecule has 1 N–H and O–H groups in total. The van der Waals surface area contributed by atoms with Crippen LogP contribution >= 0.6 is 0 Å². The van der Waals surface area contributed by atoms with Crippen LogP contribution in [-0.2, 0) is 0 Å². The number of nitrogens with one attached hydrogen (secondary N) is 1. The molecule has 0 atom stereocenters. The van der Waals surface area contributed by atoms with Crippen LogP contribution < -0.4 is 0 Å². The van der Waals surface area contributed by atoms with E-state index in [-0.39, 0.29) is 0 Å². The first-order valence-corrected chi connectivity index (χ1v) is 2.82. The van der Waals surface area contributed by atoms with Crippen molar-refractivity contribution in [2.24, 2.45) is 0 Å². The SMILES string of the molecule is [c]1ccc2[c]c[nH]c2c1. The van der Waals surface area contributed by atoms with E-state index in [0.29, 0.717) is 0 Å². The molecular weight excluding hydrogens is 110 g/mol. The van der Waals surface area contributed by atoms with E-state index in [0.717, 1.165) is 10.9 Å². The summed E-state index contributed by atoms with van der Waals surface area (Å²) >= 11 is 0. The normalized spacial score (nSPS) is 10.2. The summed E-state index contributed by atoms with van der Waals surface area (Å²) in [5.41, 5.74) is 1.09. The average molecular weight is 115 g/mol. The predicted molar refractivity (Wildman–Crippen MR) is 36.0 cm³/mol. The van der Waals surface area contributed by atoms with E-state index in [2.05, 4.69) is 17.1 Å². The van der Waals surface area contributed by atoms with E-state index in [1.54, 1.807) is 6.20 Å². The molecule has 0 amide bonds. The minimum absolute atomic E-state index is 1.09. The molecule has 0 spiro atoms. The maximum Gasteiger partial charge on any atom is 0.0466 e. The molecule has 0 aliphatic heterocycles. The van der Waals surface area contributed by atoms with E-state index < -0.39 is 0 Å². The molecule has 1 nitrogen and oxygen atoms in total. The van der Waals surface area contributed by atoms with Gasteiger partial charge in [-0.3, -0.25) is 0 Å². The predicted octanol–water partition coefficient (Wildman–Crippen LogP) is 1.77. The second kappa shape index (κ2) is 1.62. The van der Waals surface area contributed by atoms with E-state index >= 15 is 0 Å². The van der Waals surface area contributed by atoms with Gasteiger partial charge in [-0.15, -0.1) is 0 Å². The lowest BCUT2D eigenvalue weighted by Gasteiger charge is -1.82. The third-order valence-corrected chi connectivity index (χ3v) is 1.32. The van der Waals surface area contributed by atoms with Gasteiger partial charge in [0, 0.05) is 23.2 Å². The Labute approximate surface area is 53.3 Å². The van der Waals surface area contributed by atoms with Gasteiger partial charge in [0.1, 0.15) is 0 Å². The molecule has 1 heterocycles. The second-order valence-electron chi connectivity index (χ2n) is 1.90. The summed E-state index contributed by atoms with van der Waals surface area (Å²) in [4.78, 5) is 3.03. The van der Waals surface area contributed by atoms with Gasteiger partial charge in [0.25, 0.3) is 0 Å². The number of benzene rings is 1. The zero-order chi connectivity index (χ0) is 6.10. The molecule has 2 radical (unpaired) electrons. The van der Waals surface area contributed by atoms with Crippen LogP contribution in [0.15, 0.2) is 24.4 Å². The fourth-order valence-corrected chi connectivity index (χ4v) is 0.867. The summed E-state index contributed by atoms with van der Waals surface area (Å²) < 4.78 is 0. The maximum atomic E-state index is 3.04. The molecule has 1 heteroatoms. The molecule has 0 saturated carbocycles. The number of fused-ring (bicyclic) bond motifs is 1. The summed E-state index contributed by atoms with van der Waals surface area (Å²) in [6.07, 6.45) is 1.80. The van der Waals surface area contributed by atoms with Crippen LogP contribution in [0.25, 0.3) is 10.9 Å². The number of aromatic nitrogens is 1. The largest absolute Gasteiger partial charge is 0.361 e. The molecule has 1 aromatic heterocycles. The van der Waals surface area contributed by atoms with E-state index in [1.165, 1.54) is 0 Å². The first-order chi connectivity index (χ1) is 4.47. The molecule has 0 aliphatic rings. The average Bonchev–Trinajstić information content (AvgIpc) is 2.33. The third kappa shape index (κ3) is 0.617. The smallest absolute Gasteiger partial charge is 0.0466 e. The Hall–Kier alpha value is -1.24. The number of hydrogen-bond acceptors (Lipinski definition) is 0. The van der Waals surface area contributed by atoms with Gasteiger partial charge in [-0.1, -0.05) is 12.1 Å². The van der Waals surface area contributed by atoms with Crippen LogP contribution in [0.4, 0.5) is 0 Å². The van der Waals surface area contributed by atoms with Gasteiger partial charge >= 0.3 is 0 Å². The molecule has 2 aromatic rings. The number of aromatic amines is 1. The molecule has 0 unspecified atom stereocenters. The first-order valence-electron chi connectivity index (χ1n) is 2.82. The summed E-state index contributed by atoms with van der Waals surface area (Å²) in [5.74, 6) is 0. The fourth-order valence-electron chi connectivity index (χ4n) is 0.867. The monoisotopic (exact) mass is 115 g/mol. The Bertz CT molecular complexity index is 279. The lowest BCUT2D eigenvalue weighted by Crippen LogP contribution is -1.62. The molecule has 0 bridgehead atoms. The summed E-state index contributed by atoms with van der Waals surface area (Å²) in [6, 6.07) is 11.8. The standard InChI is InChI=1S/C8H5N/c1-2-4-8-7(3-1)5-6-9-8/h1,3-4,6,9H. The summed E-state index contributed by atoms with van der Waals surface area (Å²) in [6.45, 7) is 0. The molecule has 0 fully saturated rings. The van der Waals surface area contributed by atoms with Crippen LogP contribution in [-0.4, -0.2) is 4.98 Å². The van der Waals surface area contributed by atoms with Gasteiger partial charge in [0.2, 0.25) is 0 Å². The van der Waals surface area contributed by atoms with Gasteiger partial charge in [0.05, 0.1) is 0 Å². The molecule has 0 saturated heterocycles. The zero-order valence-corrected chi connectivity index (χ0v) is 4.81. The van der Waals surface area contributed by atoms with E-state index in [1.807, 2.05) is 18.2 Å². The molecule has 42 valence electrons. The molecule has 2 rings (SSSR count). The Morgan fingerprint density at radius 1 is 1.44 bits per heavy atom. The quantitative estimate of drug-likeness (QED) is 0.538. The summed E-state index contributed by atoms with van der Waals surface area (Å²) in [5, 5.41) is 1.12. The highest BCUT2D eigenvalue weighted by molar-refractivity contribution is 5.77. The second-order valence-corrected chi connectivity index (χ2v) is 1.90. The van der Waals surface area contributed by atoms with E-state index in [9.17, 15) is 0 Å². The van der Waals surface area contributed by atoms with Crippen LogP contribution in [0.1, 0.15) is 0 Å². The van der Waals surface area contributed by atoms with E-state index in [4.69, 9.17) is 0 Å². The van der Waals surface area contributed by atoms with Crippen molar-refractivity contribution in [2.75, 3.05) is 0 Å². The van der Waals surface area contributed by atoms with Crippen LogP contribution in [0, 0.1) is 12.1 Å². The molecule has 0 aliphatic carbocycles. The van der Waals surface area contributed by atoms with Gasteiger partial charge in [-0.25, -0.2) is 0 Å². The number of H-pyrrole nitrogens is 1. The van der Waals surface area contributed by atoms with Crippen LogP contribution in [0.2, 0.25) is 0 Å². The lowest BCUT2D eigenvalue weighted by atomic mass is 10.3. The van der Waals surface area contributed by atoms with Crippen molar-refractivity contribution in [3.05, 3.63) is 36.5 Å². The van der Waals surface area contributed by atoms with Gasteiger partial charge in [-0.2, -0.15) is 0 Å². The van der Waals surface area contributed by atoms with Crippen molar-refractivity contribution in [1.82, 2.24) is 4.98 Å². The lowest BCUT2D eigenvalue weighted by molar-refractivity contribution is 1.47. The number of rotatable bonds is 0. The van der Waals surface area contributed by atoms with Gasteiger partial charge in [-0.05, 0) is 12.1 Å². The number of hydrogen-bond donors (Lipinski definition) is 1. The highest BCUT2D eigenvalue weighted by Crippen LogP contribution is 2.07. The van der Waals surface area contributed by atoms with Crippen molar-refractivity contribution in [2.45, 2.75) is 0 Å².